The molecule has 3 aromatic heterocycles. The SMILES string of the molecule is CN(CCc1ccccc1)C1CN(C(=O)CCc2nc3ccccc3[nH]2)CCC1c1ccc(CN2CCc3c(N)nc(N4CCOCC4)nc3C2)c2ncccc12. The fourth-order valence-electron chi connectivity index (χ4n) is 9.08. The standard InChI is InChI=1S/C45H52N10O2/c1-52(21-17-31-8-3-2-4-9-31)40-30-55(42(56)16-15-41-48-37-11-5-6-12-38(37)49-41)23-19-34(40)33-14-13-32(43-35(33)10-7-20-47-43)28-53-22-18-36-39(29-53)50-45(51-44(36)46)54-24-26-57-27-25-54/h2-14,20,34,40H,15-19,21-30H2,1H3,(H,48,49)(H2,46,50,51). The van der Waals surface area contributed by atoms with Gasteiger partial charge in [0.15, 0.2) is 0 Å². The van der Waals surface area contributed by atoms with E-state index in [2.05, 4.69) is 91.2 Å². The van der Waals surface area contributed by atoms with E-state index in [-0.39, 0.29) is 17.9 Å². The highest BCUT2D eigenvalue weighted by molar-refractivity contribution is 5.86. The van der Waals surface area contributed by atoms with Gasteiger partial charge in [-0.3, -0.25) is 14.7 Å². The first-order valence-electron chi connectivity index (χ1n) is 20.5. The van der Waals surface area contributed by atoms with Crippen LogP contribution in [0.15, 0.2) is 85.1 Å². The van der Waals surface area contributed by atoms with E-state index < -0.39 is 0 Å². The number of carbonyl (C=O) groups is 1. The first kappa shape index (κ1) is 37.2. The van der Waals surface area contributed by atoms with Gasteiger partial charge in [-0.2, -0.15) is 4.98 Å². The number of imidazole rings is 1. The number of nitrogens with one attached hydrogen (secondary N) is 1. The number of amides is 1. The van der Waals surface area contributed by atoms with Crippen molar-refractivity contribution in [1.29, 1.82) is 0 Å². The minimum absolute atomic E-state index is 0.149. The molecule has 6 aromatic rings. The van der Waals surface area contributed by atoms with Gasteiger partial charge in [0.1, 0.15) is 11.6 Å². The summed E-state index contributed by atoms with van der Waals surface area (Å²) in [5, 5.41) is 1.20. The van der Waals surface area contributed by atoms with Crippen molar-refractivity contribution in [3.05, 3.63) is 119 Å². The van der Waals surface area contributed by atoms with E-state index in [0.29, 0.717) is 50.9 Å². The third-order valence-corrected chi connectivity index (χ3v) is 12.2. The summed E-state index contributed by atoms with van der Waals surface area (Å²) >= 11 is 0. The summed E-state index contributed by atoms with van der Waals surface area (Å²) in [6, 6.07) is 27.8. The summed E-state index contributed by atoms with van der Waals surface area (Å²) in [7, 11) is 2.23. The average molecular weight is 765 g/mol. The van der Waals surface area contributed by atoms with Crippen LogP contribution < -0.4 is 10.6 Å². The Balaban J connectivity index is 0.944. The highest BCUT2D eigenvalue weighted by atomic mass is 16.5. The maximum absolute atomic E-state index is 13.8. The molecule has 2 atom stereocenters. The van der Waals surface area contributed by atoms with Crippen LogP contribution in [-0.2, 0) is 41.9 Å². The zero-order valence-corrected chi connectivity index (χ0v) is 32.8. The summed E-state index contributed by atoms with van der Waals surface area (Å²) in [5.74, 6) is 2.59. The number of fused-ring (bicyclic) bond motifs is 3. The van der Waals surface area contributed by atoms with E-state index >= 15 is 0 Å². The number of nitrogen functional groups attached to an aromatic ring is 1. The smallest absolute Gasteiger partial charge is 0.227 e. The summed E-state index contributed by atoms with van der Waals surface area (Å²) in [4.78, 5) is 45.9. The molecule has 2 unspecified atom stereocenters. The Morgan fingerprint density at radius 2 is 1.77 bits per heavy atom. The van der Waals surface area contributed by atoms with Crippen molar-refractivity contribution < 1.29 is 9.53 Å². The van der Waals surface area contributed by atoms with Crippen LogP contribution in [0, 0.1) is 0 Å². The molecule has 2 fully saturated rings. The number of H-pyrrole nitrogens is 1. The number of rotatable bonds is 11. The number of pyridine rings is 1. The Hall–Kier alpha value is -5.43. The molecule has 1 amide bonds. The van der Waals surface area contributed by atoms with Crippen molar-refractivity contribution in [2.75, 3.05) is 70.2 Å². The predicted octanol–water partition coefficient (Wildman–Crippen LogP) is 5.37. The number of morpholine rings is 1. The van der Waals surface area contributed by atoms with Crippen LogP contribution in [0.2, 0.25) is 0 Å². The lowest BCUT2D eigenvalue weighted by atomic mass is 9.81. The van der Waals surface area contributed by atoms with E-state index in [1.54, 1.807) is 0 Å². The van der Waals surface area contributed by atoms with Crippen molar-refractivity contribution in [1.82, 2.24) is 39.6 Å². The number of aromatic amines is 1. The second-order valence-electron chi connectivity index (χ2n) is 15.8. The number of likely N-dealkylation sites (N-methyl/N-ethyl adjacent to an activating group) is 1. The highest BCUT2D eigenvalue weighted by Gasteiger charge is 2.36. The molecular weight excluding hydrogens is 713 g/mol. The summed E-state index contributed by atoms with van der Waals surface area (Å²) in [5.41, 5.74) is 15.4. The number of carbonyl (C=O) groups excluding carboxylic acids is 1. The van der Waals surface area contributed by atoms with Gasteiger partial charge < -0.3 is 30.2 Å². The normalized spacial score (nSPS) is 19.1. The second kappa shape index (κ2) is 16.6. The lowest BCUT2D eigenvalue weighted by Crippen LogP contribution is -2.52. The number of aromatic nitrogens is 5. The number of benzene rings is 3. The van der Waals surface area contributed by atoms with Crippen LogP contribution in [0.3, 0.4) is 0 Å². The molecule has 9 rings (SSSR count). The number of anilines is 2. The lowest BCUT2D eigenvalue weighted by molar-refractivity contribution is -0.133. The summed E-state index contributed by atoms with van der Waals surface area (Å²) in [6.07, 6.45) is 5.59. The minimum Gasteiger partial charge on any atom is -0.383 e. The van der Waals surface area contributed by atoms with E-state index in [4.69, 9.17) is 25.4 Å². The van der Waals surface area contributed by atoms with Gasteiger partial charge in [0.05, 0.1) is 35.5 Å². The molecule has 3 aliphatic rings. The Morgan fingerprint density at radius 1 is 0.930 bits per heavy atom. The molecule has 0 aliphatic carbocycles. The van der Waals surface area contributed by atoms with Gasteiger partial charge in [0, 0.05) is 94.3 Å². The van der Waals surface area contributed by atoms with Gasteiger partial charge in [-0.15, -0.1) is 0 Å². The Kier molecular flexibility index (Phi) is 10.8. The largest absolute Gasteiger partial charge is 0.383 e. The van der Waals surface area contributed by atoms with Crippen LogP contribution in [-0.4, -0.2) is 111 Å². The number of hydrogen-bond donors (Lipinski definition) is 2. The maximum atomic E-state index is 13.8. The number of nitrogens with two attached hydrogens (primary N) is 1. The Labute approximate surface area is 334 Å². The fourth-order valence-corrected chi connectivity index (χ4v) is 9.08. The van der Waals surface area contributed by atoms with Crippen molar-refractivity contribution in [3.63, 3.8) is 0 Å². The number of hydrogen-bond acceptors (Lipinski definition) is 10. The highest BCUT2D eigenvalue weighted by Crippen LogP contribution is 2.37. The molecule has 0 spiro atoms. The Morgan fingerprint density at radius 3 is 2.63 bits per heavy atom. The summed E-state index contributed by atoms with van der Waals surface area (Å²) < 4.78 is 5.56. The maximum Gasteiger partial charge on any atom is 0.227 e. The van der Waals surface area contributed by atoms with Crippen molar-refractivity contribution in [2.45, 2.75) is 57.2 Å². The van der Waals surface area contributed by atoms with E-state index in [1.165, 1.54) is 22.1 Å². The average Bonchev–Trinajstić information content (AvgIpc) is 3.68. The molecule has 12 nitrogen and oxygen atoms in total. The van der Waals surface area contributed by atoms with Crippen LogP contribution in [0.1, 0.15) is 52.5 Å². The molecule has 0 radical (unpaired) electrons. The third kappa shape index (κ3) is 8.07. The molecule has 0 saturated carbocycles. The van der Waals surface area contributed by atoms with Gasteiger partial charge in [-0.1, -0.05) is 60.7 Å². The first-order chi connectivity index (χ1) is 28.0. The fraction of sp³-hybridized carbons (Fsp3) is 0.400. The van der Waals surface area contributed by atoms with Gasteiger partial charge >= 0.3 is 0 Å². The predicted molar refractivity (Wildman–Crippen MR) is 224 cm³/mol. The molecule has 12 heteroatoms. The quantitative estimate of drug-likeness (QED) is 0.178. The first-order valence-corrected chi connectivity index (χ1v) is 20.5. The van der Waals surface area contributed by atoms with Crippen molar-refractivity contribution in [3.8, 4) is 0 Å². The molecule has 3 aromatic carbocycles. The Bertz CT molecular complexity index is 2310. The molecule has 0 bridgehead atoms. The van der Waals surface area contributed by atoms with Gasteiger partial charge in [-0.25, -0.2) is 9.97 Å². The molecule has 2 saturated heterocycles. The number of aryl methyl sites for hydroxylation is 1. The van der Waals surface area contributed by atoms with Crippen LogP contribution in [0.4, 0.5) is 11.8 Å². The van der Waals surface area contributed by atoms with E-state index in [1.807, 2.05) is 30.5 Å². The van der Waals surface area contributed by atoms with Gasteiger partial charge in [-0.05, 0) is 61.2 Å². The topological polar surface area (TPSA) is 133 Å². The number of para-hydroxylation sites is 2. The van der Waals surface area contributed by atoms with Crippen molar-refractivity contribution in [2.24, 2.45) is 0 Å². The zero-order valence-electron chi connectivity index (χ0n) is 32.8. The second-order valence-corrected chi connectivity index (χ2v) is 15.8. The molecule has 3 N–H and O–H groups in total. The number of ether oxygens (including phenoxy) is 1. The van der Waals surface area contributed by atoms with Crippen LogP contribution in [0.25, 0.3) is 21.9 Å². The zero-order chi connectivity index (χ0) is 38.7. The number of nitrogens with zero attached hydrogens (tertiary/aromatic N) is 8. The monoisotopic (exact) mass is 764 g/mol. The molecule has 6 heterocycles. The van der Waals surface area contributed by atoms with Crippen LogP contribution >= 0.6 is 0 Å². The number of likely N-dealkylation sites (tertiary alicyclic amines) is 1. The third-order valence-electron chi connectivity index (χ3n) is 12.2. The van der Waals surface area contributed by atoms with E-state index in [9.17, 15) is 4.79 Å². The van der Waals surface area contributed by atoms with Crippen molar-refractivity contribution >= 4 is 39.6 Å². The van der Waals surface area contributed by atoms with E-state index in [0.717, 1.165) is 92.2 Å². The minimum atomic E-state index is 0.149. The van der Waals surface area contributed by atoms with Gasteiger partial charge in [0.2, 0.25) is 11.9 Å². The van der Waals surface area contributed by atoms with Gasteiger partial charge in [0.25, 0.3) is 0 Å². The van der Waals surface area contributed by atoms with Crippen LogP contribution in [0.5, 0.6) is 0 Å². The lowest BCUT2D eigenvalue weighted by Gasteiger charge is -2.43. The molecule has 57 heavy (non-hydrogen) atoms. The molecule has 294 valence electrons. The molecular formula is C45H52N10O2. The number of piperidine rings is 1. The summed E-state index contributed by atoms with van der Waals surface area (Å²) in [6.45, 7) is 7.56. The molecule has 3 aliphatic heterocycles.